The average molecular weight is 446 g/mol. The number of likely N-dealkylation sites (N-methyl/N-ethyl adjacent to an activating group) is 1. The van der Waals surface area contributed by atoms with E-state index in [1.54, 1.807) is 21.7 Å². The lowest BCUT2D eigenvalue weighted by molar-refractivity contribution is -0.155. The van der Waals surface area contributed by atoms with Crippen LogP contribution >= 0.6 is 0 Å². The van der Waals surface area contributed by atoms with Gasteiger partial charge in [0.25, 0.3) is 0 Å². The summed E-state index contributed by atoms with van der Waals surface area (Å²) in [5.74, 6) is -1.99. The molecule has 4 aliphatic heterocycles. The summed E-state index contributed by atoms with van der Waals surface area (Å²) in [6, 6.07) is -0.841. The maximum absolute atomic E-state index is 14.0. The van der Waals surface area contributed by atoms with E-state index in [9.17, 15) is 19.5 Å². The number of likely N-dealkylation sites (tertiary alicyclic amines) is 1. The van der Waals surface area contributed by atoms with Crippen LogP contribution in [0.25, 0.3) is 0 Å². The summed E-state index contributed by atoms with van der Waals surface area (Å²) in [7, 11) is 1.73. The Balaban J connectivity index is 1.85. The smallest absolute Gasteiger partial charge is 0.249 e. The van der Waals surface area contributed by atoms with Gasteiger partial charge in [0.15, 0.2) is 0 Å². The Hall–Kier alpha value is -2.19. The van der Waals surface area contributed by atoms with Crippen molar-refractivity contribution in [2.75, 3.05) is 33.3 Å². The molecule has 0 radical (unpaired) electrons. The molecule has 1 N–H and O–H groups in total. The molecule has 0 saturated carbocycles. The molecule has 0 aromatic rings. The summed E-state index contributed by atoms with van der Waals surface area (Å²) < 4.78 is 6.70. The number of ether oxygens (including phenoxy) is 1. The first-order valence-electron chi connectivity index (χ1n) is 11.5. The normalized spacial score (nSPS) is 36.9. The van der Waals surface area contributed by atoms with Crippen molar-refractivity contribution >= 4 is 17.7 Å². The van der Waals surface area contributed by atoms with Crippen LogP contribution in [0, 0.1) is 11.8 Å². The van der Waals surface area contributed by atoms with Gasteiger partial charge < -0.3 is 24.5 Å². The van der Waals surface area contributed by atoms with Gasteiger partial charge in [0.2, 0.25) is 17.7 Å². The second kappa shape index (κ2) is 7.70. The Bertz CT molecular complexity index is 877. The SMILES string of the molecule is CN1CC=C[C@]2(C)O[C@]34C=CCN(C(C)(C)C)C(=O)C3N(CCCCO)C(=O)[C@@H]4[C@@H]2C1=O. The van der Waals surface area contributed by atoms with Crippen molar-refractivity contribution in [3.63, 3.8) is 0 Å². The first-order valence-corrected chi connectivity index (χ1v) is 11.5. The molecular weight excluding hydrogens is 410 g/mol. The van der Waals surface area contributed by atoms with E-state index in [2.05, 4.69) is 0 Å². The number of aliphatic hydroxyl groups excluding tert-OH is 1. The summed E-state index contributed by atoms with van der Waals surface area (Å²) in [6.45, 7) is 9.01. The molecule has 5 atom stereocenters. The summed E-state index contributed by atoms with van der Waals surface area (Å²) in [4.78, 5) is 46.3. The summed E-state index contributed by atoms with van der Waals surface area (Å²) in [5.41, 5.74) is -2.61. The van der Waals surface area contributed by atoms with Gasteiger partial charge in [-0.25, -0.2) is 0 Å². The van der Waals surface area contributed by atoms with Gasteiger partial charge in [-0.15, -0.1) is 0 Å². The average Bonchev–Trinajstić information content (AvgIpc) is 2.96. The van der Waals surface area contributed by atoms with Gasteiger partial charge in [0, 0.05) is 38.8 Å². The molecular formula is C24H35N3O5. The molecule has 1 spiro atoms. The molecule has 0 bridgehead atoms. The van der Waals surface area contributed by atoms with Gasteiger partial charge in [-0.2, -0.15) is 0 Å². The zero-order valence-corrected chi connectivity index (χ0v) is 19.7. The van der Waals surface area contributed by atoms with Crippen LogP contribution in [0.1, 0.15) is 40.5 Å². The number of carbonyl (C=O) groups is 3. The maximum atomic E-state index is 14.0. The fourth-order valence-corrected chi connectivity index (χ4v) is 5.88. The third kappa shape index (κ3) is 3.22. The van der Waals surface area contributed by atoms with Crippen LogP contribution < -0.4 is 0 Å². The highest BCUT2D eigenvalue weighted by Gasteiger charge is 2.74. The molecule has 8 nitrogen and oxygen atoms in total. The number of unbranched alkanes of at least 4 members (excludes halogenated alkanes) is 1. The lowest BCUT2D eigenvalue weighted by Crippen LogP contribution is -2.59. The number of carbonyl (C=O) groups excluding carboxylic acids is 3. The highest BCUT2D eigenvalue weighted by molar-refractivity contribution is 6.00. The van der Waals surface area contributed by atoms with Crippen LogP contribution in [-0.2, 0) is 19.1 Å². The molecule has 0 aromatic heterocycles. The molecule has 8 heteroatoms. The van der Waals surface area contributed by atoms with E-state index in [0.717, 1.165) is 0 Å². The minimum absolute atomic E-state index is 0.0223. The van der Waals surface area contributed by atoms with Crippen molar-refractivity contribution in [1.82, 2.24) is 14.7 Å². The standard InChI is InChI=1S/C24H35N3O5/c1-22(2,3)27-14-9-11-24-17(16-19(29)25(5)12-8-10-23(16,4)32-24)20(30)26(13-6-7-15-28)18(24)21(27)31/h8-11,16-18,28H,6-7,12-15H2,1-5H3/t16-,17+,18?,23+,24+/m1/s1. The van der Waals surface area contributed by atoms with Gasteiger partial charge >= 0.3 is 0 Å². The van der Waals surface area contributed by atoms with Gasteiger partial charge in [-0.05, 0) is 40.5 Å². The molecule has 176 valence electrons. The van der Waals surface area contributed by atoms with Crippen molar-refractivity contribution < 1.29 is 24.2 Å². The van der Waals surface area contributed by atoms with Gasteiger partial charge in [-0.3, -0.25) is 14.4 Å². The van der Waals surface area contributed by atoms with Crippen molar-refractivity contribution in [2.24, 2.45) is 11.8 Å². The monoisotopic (exact) mass is 445 g/mol. The number of aliphatic hydroxyl groups is 1. The zero-order chi connectivity index (χ0) is 23.5. The quantitative estimate of drug-likeness (QED) is 0.514. The van der Waals surface area contributed by atoms with Crippen LogP contribution in [0.2, 0.25) is 0 Å². The molecule has 32 heavy (non-hydrogen) atoms. The minimum atomic E-state index is -1.20. The number of rotatable bonds is 4. The maximum Gasteiger partial charge on any atom is 0.249 e. The highest BCUT2D eigenvalue weighted by atomic mass is 16.5. The zero-order valence-electron chi connectivity index (χ0n) is 19.7. The molecule has 0 aromatic carbocycles. The molecule has 4 aliphatic rings. The number of hydrogen-bond donors (Lipinski definition) is 1. The lowest BCUT2D eigenvalue weighted by Gasteiger charge is -2.41. The van der Waals surface area contributed by atoms with Crippen LogP contribution in [0.4, 0.5) is 0 Å². The van der Waals surface area contributed by atoms with Crippen molar-refractivity contribution in [3.8, 4) is 0 Å². The molecule has 4 rings (SSSR count). The summed E-state index contributed by atoms with van der Waals surface area (Å²) in [6.07, 6.45) is 8.68. The Morgan fingerprint density at radius 1 is 1.03 bits per heavy atom. The van der Waals surface area contributed by atoms with E-state index in [4.69, 9.17) is 4.74 Å². The molecule has 1 unspecified atom stereocenters. The Morgan fingerprint density at radius 3 is 2.38 bits per heavy atom. The summed E-state index contributed by atoms with van der Waals surface area (Å²) >= 11 is 0. The predicted octanol–water partition coefficient (Wildman–Crippen LogP) is 0.955. The van der Waals surface area contributed by atoms with E-state index in [-0.39, 0.29) is 24.3 Å². The highest BCUT2D eigenvalue weighted by Crippen LogP contribution is 2.57. The topological polar surface area (TPSA) is 90.4 Å². The lowest BCUT2D eigenvalue weighted by atomic mass is 9.74. The van der Waals surface area contributed by atoms with E-state index in [1.165, 1.54) is 0 Å². The largest absolute Gasteiger partial charge is 0.396 e. The van der Waals surface area contributed by atoms with Crippen molar-refractivity contribution in [1.29, 1.82) is 0 Å². The summed E-state index contributed by atoms with van der Waals surface area (Å²) in [5, 5.41) is 9.26. The predicted molar refractivity (Wildman–Crippen MR) is 118 cm³/mol. The van der Waals surface area contributed by atoms with Crippen molar-refractivity contribution in [2.45, 2.75) is 63.3 Å². The Labute approximate surface area is 189 Å². The number of amides is 3. The van der Waals surface area contributed by atoms with Crippen LogP contribution in [-0.4, -0.2) is 93.6 Å². The number of fused-ring (bicyclic) bond motifs is 2. The second-order valence-electron chi connectivity index (χ2n) is 10.6. The van der Waals surface area contributed by atoms with Gasteiger partial charge in [0.05, 0.1) is 17.4 Å². The van der Waals surface area contributed by atoms with E-state index in [0.29, 0.717) is 32.5 Å². The van der Waals surface area contributed by atoms with E-state index >= 15 is 0 Å². The Morgan fingerprint density at radius 2 is 1.72 bits per heavy atom. The number of nitrogens with zero attached hydrogens (tertiary/aromatic N) is 3. The molecule has 0 aliphatic carbocycles. The van der Waals surface area contributed by atoms with Gasteiger partial charge in [0.1, 0.15) is 11.6 Å². The van der Waals surface area contributed by atoms with E-state index < -0.39 is 34.6 Å². The molecule has 4 heterocycles. The van der Waals surface area contributed by atoms with E-state index in [1.807, 2.05) is 52.0 Å². The first kappa shape index (κ1) is 23.0. The third-order valence-corrected chi connectivity index (χ3v) is 7.38. The second-order valence-corrected chi connectivity index (χ2v) is 10.6. The first-order chi connectivity index (χ1) is 15.0. The Kier molecular flexibility index (Phi) is 5.53. The minimum Gasteiger partial charge on any atom is -0.396 e. The third-order valence-electron chi connectivity index (χ3n) is 7.38. The number of hydrogen-bond acceptors (Lipinski definition) is 5. The molecule has 3 amide bonds. The molecule has 2 fully saturated rings. The fourth-order valence-electron chi connectivity index (χ4n) is 5.88. The van der Waals surface area contributed by atoms with Gasteiger partial charge in [-0.1, -0.05) is 24.3 Å². The van der Waals surface area contributed by atoms with Crippen LogP contribution in [0.15, 0.2) is 24.3 Å². The fraction of sp³-hybridized carbons (Fsp3) is 0.708. The van der Waals surface area contributed by atoms with Crippen molar-refractivity contribution in [3.05, 3.63) is 24.3 Å². The molecule has 2 saturated heterocycles. The van der Waals surface area contributed by atoms with Crippen LogP contribution in [0.3, 0.4) is 0 Å². The van der Waals surface area contributed by atoms with Crippen LogP contribution in [0.5, 0.6) is 0 Å².